The molecule has 8 N–H and O–H groups in total. The molecule has 0 bridgehead atoms. The number of allylic oxidation sites excluding steroid dienone is 3. The van der Waals surface area contributed by atoms with E-state index in [0.29, 0.717) is 10.0 Å². The molecule has 0 amide bonds. The van der Waals surface area contributed by atoms with Gasteiger partial charge in [0.25, 0.3) is 0 Å². The Bertz CT molecular complexity index is 2500. The molecule has 8 nitrogen and oxygen atoms in total. The number of unbranched alkanes of at least 4 members (excludes halogenated alkanes) is 3. The second-order valence-electron chi connectivity index (χ2n) is 14.8. The quantitative estimate of drug-likeness (QED) is 0.0346. The molecule has 0 saturated carbocycles. The maximum Gasteiger partial charge on any atom is 0.239 e. The summed E-state index contributed by atoms with van der Waals surface area (Å²) in [7, 11) is 0. The van der Waals surface area contributed by atoms with E-state index in [1.165, 1.54) is 16.8 Å². The highest BCUT2D eigenvalue weighted by Gasteiger charge is 2.22. The summed E-state index contributed by atoms with van der Waals surface area (Å²) in [6, 6.07) is 28.2. The number of hydrogen-bond acceptors (Lipinski definition) is 6. The molecule has 0 atom stereocenters. The van der Waals surface area contributed by atoms with E-state index in [4.69, 9.17) is 44.6 Å². The molecule has 56 heavy (non-hydrogen) atoms. The van der Waals surface area contributed by atoms with E-state index in [2.05, 4.69) is 70.8 Å². The SMILES string of the molecule is CC1=CC(=Nc2cc(C)c(N)cc2[NH2+]c2ccc(Cl)cc2)CC=C1NCCCCCCNc1cc2c(cc1C)nc1cc(C)c(N)cc1[n+]2-c1ccc(Cl)cc1. The second-order valence-corrected chi connectivity index (χ2v) is 15.6. The number of rotatable bonds is 13. The van der Waals surface area contributed by atoms with Crippen LogP contribution in [0, 0.1) is 20.8 Å². The van der Waals surface area contributed by atoms with Crippen LogP contribution in [-0.4, -0.2) is 23.8 Å². The van der Waals surface area contributed by atoms with Crippen molar-refractivity contribution in [3.05, 3.63) is 135 Å². The maximum atomic E-state index is 6.39. The van der Waals surface area contributed by atoms with Gasteiger partial charge in [0.05, 0.1) is 0 Å². The topological polar surface area (TPSA) is 122 Å². The average Bonchev–Trinajstić information content (AvgIpc) is 3.17. The van der Waals surface area contributed by atoms with Gasteiger partial charge >= 0.3 is 0 Å². The summed E-state index contributed by atoms with van der Waals surface area (Å²) in [4.78, 5) is 10.1. The Labute approximate surface area is 339 Å². The second kappa shape index (κ2) is 17.2. The summed E-state index contributed by atoms with van der Waals surface area (Å²) in [5.74, 6) is 0. The fraction of sp³-hybridized carbons (Fsp3) is 0.239. The smallest absolute Gasteiger partial charge is 0.239 e. The third-order valence-corrected chi connectivity index (χ3v) is 10.9. The molecule has 7 rings (SSSR count). The van der Waals surface area contributed by atoms with Gasteiger partial charge < -0.3 is 22.1 Å². The summed E-state index contributed by atoms with van der Waals surface area (Å²) in [5, 5.41) is 10.9. The summed E-state index contributed by atoms with van der Waals surface area (Å²) in [5.41, 5.74) is 29.7. The number of aromatic nitrogens is 2. The molecule has 10 heteroatoms. The fourth-order valence-electron chi connectivity index (χ4n) is 7.16. The van der Waals surface area contributed by atoms with Crippen LogP contribution in [0.2, 0.25) is 10.0 Å². The van der Waals surface area contributed by atoms with Crippen LogP contribution in [0.15, 0.2) is 113 Å². The predicted molar refractivity (Wildman–Crippen MR) is 236 cm³/mol. The Kier molecular flexibility index (Phi) is 11.9. The number of nitrogens with two attached hydrogens (primary N) is 3. The van der Waals surface area contributed by atoms with Gasteiger partial charge in [-0.2, -0.15) is 0 Å². The number of nitrogens with one attached hydrogen (secondary N) is 2. The van der Waals surface area contributed by atoms with E-state index in [1.807, 2.05) is 74.5 Å². The summed E-state index contributed by atoms with van der Waals surface area (Å²) in [6.45, 7) is 10.2. The molecule has 0 saturated heterocycles. The van der Waals surface area contributed by atoms with Crippen LogP contribution in [0.25, 0.3) is 27.8 Å². The van der Waals surface area contributed by atoms with Crippen LogP contribution in [0.5, 0.6) is 0 Å². The van der Waals surface area contributed by atoms with Crippen molar-refractivity contribution in [2.45, 2.75) is 59.8 Å². The number of aliphatic imine (C=N–C) groups is 1. The highest BCUT2D eigenvalue weighted by atomic mass is 35.5. The number of fused-ring (bicyclic) bond motifs is 2. The molecule has 0 spiro atoms. The number of anilines is 3. The first-order valence-corrected chi connectivity index (χ1v) is 20.0. The van der Waals surface area contributed by atoms with Crippen molar-refractivity contribution >= 4 is 85.1 Å². The van der Waals surface area contributed by atoms with Crippen LogP contribution >= 0.6 is 23.2 Å². The third-order valence-electron chi connectivity index (χ3n) is 10.4. The van der Waals surface area contributed by atoms with Crippen LogP contribution in [0.3, 0.4) is 0 Å². The van der Waals surface area contributed by atoms with Crippen molar-refractivity contribution in [3.63, 3.8) is 0 Å². The summed E-state index contributed by atoms with van der Waals surface area (Å²) < 4.78 is 2.23. The van der Waals surface area contributed by atoms with Gasteiger partial charge in [0.2, 0.25) is 16.7 Å². The standard InChI is InChI=1S/C46H48Cl2N8/c1-28-22-41(42(25-37(28)49)53-34-13-9-32(47)10-14-34)54-35-15-18-39(30(3)21-35)51-19-7-5-6-8-20-52-40-27-46-44(24-31(40)4)55-43-23-29(2)38(50)26-45(43)56(46)36-16-11-33(48)12-17-36/h9-14,16-18,21-27,51,53H,5-8,15,19-20,49H2,1-4H3,(H2,50,52)/p+2. The van der Waals surface area contributed by atoms with Crippen LogP contribution in [0.1, 0.15) is 55.7 Å². The van der Waals surface area contributed by atoms with Gasteiger partial charge in [0.15, 0.2) is 5.69 Å². The average molecular weight is 786 g/mol. The molecule has 6 aromatic rings. The summed E-state index contributed by atoms with van der Waals surface area (Å²) in [6.07, 6.45) is 9.71. The minimum atomic E-state index is 0.698. The minimum Gasteiger partial charge on any atom is -0.398 e. The first kappa shape index (κ1) is 38.8. The zero-order valence-electron chi connectivity index (χ0n) is 32.5. The van der Waals surface area contributed by atoms with E-state index in [-0.39, 0.29) is 0 Å². The first-order valence-electron chi connectivity index (χ1n) is 19.3. The highest BCUT2D eigenvalue weighted by molar-refractivity contribution is 6.30. The molecular weight excluding hydrogens is 735 g/mol. The Morgan fingerprint density at radius 3 is 2.02 bits per heavy atom. The third kappa shape index (κ3) is 9.00. The Hall–Kier alpha value is -5.41. The van der Waals surface area contributed by atoms with E-state index in [9.17, 15) is 0 Å². The van der Waals surface area contributed by atoms with Crippen molar-refractivity contribution in [3.8, 4) is 5.69 Å². The van der Waals surface area contributed by atoms with Crippen molar-refractivity contribution < 1.29 is 9.88 Å². The van der Waals surface area contributed by atoms with Crippen LogP contribution in [0.4, 0.5) is 34.1 Å². The Morgan fingerprint density at radius 2 is 1.32 bits per heavy atom. The number of nitrogen functional groups attached to an aromatic ring is 2. The lowest BCUT2D eigenvalue weighted by Crippen LogP contribution is -2.71. The van der Waals surface area contributed by atoms with E-state index < -0.39 is 0 Å². The number of quaternary nitrogens is 1. The number of nitrogens with zero attached hydrogens (tertiary/aromatic N) is 3. The van der Waals surface area contributed by atoms with Gasteiger partial charge in [-0.05, 0) is 111 Å². The van der Waals surface area contributed by atoms with Crippen molar-refractivity contribution in [1.82, 2.24) is 10.3 Å². The van der Waals surface area contributed by atoms with Crippen LogP contribution < -0.4 is 32.0 Å². The molecule has 286 valence electrons. The molecule has 0 unspecified atom stereocenters. The summed E-state index contributed by atoms with van der Waals surface area (Å²) >= 11 is 12.4. The molecular formula is C46H50Cl2N8+2. The van der Waals surface area contributed by atoms with Gasteiger partial charge in [0, 0.05) is 100 Å². The van der Waals surface area contributed by atoms with Gasteiger partial charge in [-0.3, -0.25) is 5.32 Å². The fourth-order valence-corrected chi connectivity index (χ4v) is 7.41. The molecule has 1 aromatic heterocycles. The molecule has 0 radical (unpaired) electrons. The number of hydrogen-bond donors (Lipinski definition) is 5. The first-order chi connectivity index (χ1) is 27.0. The Balaban J connectivity index is 0.923. The van der Waals surface area contributed by atoms with Crippen molar-refractivity contribution in [2.75, 3.05) is 29.9 Å². The molecule has 1 aliphatic rings. The normalized spacial score (nSPS) is 13.6. The van der Waals surface area contributed by atoms with Gasteiger partial charge in [-0.15, -0.1) is 4.57 Å². The monoisotopic (exact) mass is 784 g/mol. The predicted octanol–water partition coefficient (Wildman–Crippen LogP) is 10.2. The lowest BCUT2D eigenvalue weighted by atomic mass is 10.0. The van der Waals surface area contributed by atoms with Crippen molar-refractivity contribution in [1.29, 1.82) is 0 Å². The molecule has 1 heterocycles. The lowest BCUT2D eigenvalue weighted by molar-refractivity contribution is -0.538. The molecule has 1 aliphatic carbocycles. The van der Waals surface area contributed by atoms with Crippen LogP contribution in [-0.2, 0) is 0 Å². The minimum absolute atomic E-state index is 0.698. The van der Waals surface area contributed by atoms with E-state index in [0.717, 1.165) is 124 Å². The maximum absolute atomic E-state index is 6.39. The largest absolute Gasteiger partial charge is 0.398 e. The number of benzene rings is 5. The zero-order chi connectivity index (χ0) is 39.3. The highest BCUT2D eigenvalue weighted by Crippen LogP contribution is 2.30. The lowest BCUT2D eigenvalue weighted by Gasteiger charge is -2.17. The Morgan fingerprint density at radius 1 is 0.714 bits per heavy atom. The van der Waals surface area contributed by atoms with Gasteiger partial charge in [-0.25, -0.2) is 9.98 Å². The van der Waals surface area contributed by atoms with E-state index >= 15 is 0 Å². The molecule has 0 aliphatic heterocycles. The molecule has 0 fully saturated rings. The van der Waals surface area contributed by atoms with Gasteiger partial charge in [-0.1, -0.05) is 42.1 Å². The van der Waals surface area contributed by atoms with E-state index in [1.54, 1.807) is 0 Å². The number of aryl methyl sites for hydroxylation is 3. The van der Waals surface area contributed by atoms with Crippen molar-refractivity contribution in [2.24, 2.45) is 4.99 Å². The zero-order valence-corrected chi connectivity index (χ0v) is 34.0. The van der Waals surface area contributed by atoms with Gasteiger partial charge in [0.1, 0.15) is 22.4 Å². The molecule has 5 aromatic carbocycles. The number of halogens is 2.